The van der Waals surface area contributed by atoms with Crippen molar-refractivity contribution in [2.24, 2.45) is 5.73 Å². The van der Waals surface area contributed by atoms with Crippen molar-refractivity contribution < 1.29 is 19.0 Å². The Balaban J connectivity index is 1.85. The number of methoxy groups -OCH3 is 1. The lowest BCUT2D eigenvalue weighted by atomic mass is 9.77. The van der Waals surface area contributed by atoms with E-state index in [9.17, 15) is 4.79 Å². The van der Waals surface area contributed by atoms with E-state index in [1.807, 2.05) is 18.2 Å². The van der Waals surface area contributed by atoms with Crippen LogP contribution < -0.4 is 20.9 Å². The lowest BCUT2D eigenvalue weighted by molar-refractivity contribution is 0.0742. The molecule has 128 valence electrons. The van der Waals surface area contributed by atoms with E-state index in [2.05, 4.69) is 6.08 Å². The van der Waals surface area contributed by atoms with E-state index >= 15 is 0 Å². The van der Waals surface area contributed by atoms with Crippen LogP contribution >= 0.6 is 0 Å². The fraction of sp³-hybridized carbons (Fsp3) is 0.316. The monoisotopic (exact) mass is 338 g/mol. The summed E-state index contributed by atoms with van der Waals surface area (Å²) >= 11 is 0. The number of carbonyl (C=O) groups is 1. The van der Waals surface area contributed by atoms with Gasteiger partial charge in [-0.05, 0) is 46.7 Å². The van der Waals surface area contributed by atoms with Gasteiger partial charge in [0.25, 0.3) is 0 Å². The maximum absolute atomic E-state index is 12.0. The molecule has 2 N–H and O–H groups in total. The van der Waals surface area contributed by atoms with Gasteiger partial charge in [-0.15, -0.1) is 0 Å². The third kappa shape index (κ3) is 1.94. The standard InChI is InChI=1S/C19H18N2O4/c1-23-12-2-3-13-11(6-12)7-14-16-10(4-5-21(14)19(20)22)8-15-18(17(13)16)25-9-24-15/h2-3,6-7,14H,4-5,8-9H2,1H3,(H2,20,22). The van der Waals surface area contributed by atoms with Crippen molar-refractivity contribution in [3.05, 3.63) is 51.3 Å². The molecule has 2 heterocycles. The van der Waals surface area contributed by atoms with Crippen molar-refractivity contribution in [1.82, 2.24) is 4.90 Å². The molecule has 0 spiro atoms. The highest BCUT2D eigenvalue weighted by molar-refractivity contribution is 5.88. The summed E-state index contributed by atoms with van der Waals surface area (Å²) in [6, 6.07) is 5.40. The second-order valence-electron chi connectivity index (χ2n) is 6.57. The smallest absolute Gasteiger partial charge is 0.315 e. The number of ether oxygens (including phenoxy) is 3. The summed E-state index contributed by atoms with van der Waals surface area (Å²) in [5.41, 5.74) is 9.13. The van der Waals surface area contributed by atoms with Gasteiger partial charge in [-0.1, -0.05) is 5.57 Å². The minimum atomic E-state index is -0.401. The first-order chi connectivity index (χ1) is 12.2. The first-order valence-corrected chi connectivity index (χ1v) is 8.35. The summed E-state index contributed by atoms with van der Waals surface area (Å²) in [6.07, 6.45) is 3.65. The van der Waals surface area contributed by atoms with Crippen molar-refractivity contribution in [2.45, 2.75) is 18.9 Å². The Morgan fingerprint density at radius 3 is 3.04 bits per heavy atom. The van der Waals surface area contributed by atoms with Crippen LogP contribution in [0.25, 0.3) is 11.6 Å². The van der Waals surface area contributed by atoms with Gasteiger partial charge >= 0.3 is 6.03 Å². The fourth-order valence-electron chi connectivity index (χ4n) is 4.26. The van der Waals surface area contributed by atoms with Gasteiger partial charge in [0.1, 0.15) is 11.5 Å². The average Bonchev–Trinajstić information content (AvgIpc) is 3.09. The highest BCUT2D eigenvalue weighted by atomic mass is 16.7. The molecule has 1 aromatic rings. The van der Waals surface area contributed by atoms with Crippen molar-refractivity contribution in [1.29, 1.82) is 0 Å². The van der Waals surface area contributed by atoms with Gasteiger partial charge in [-0.3, -0.25) is 0 Å². The third-order valence-corrected chi connectivity index (χ3v) is 5.38. The third-order valence-electron chi connectivity index (χ3n) is 5.38. The highest BCUT2D eigenvalue weighted by Crippen LogP contribution is 2.45. The Morgan fingerprint density at radius 1 is 1.36 bits per heavy atom. The number of rotatable bonds is 1. The minimum absolute atomic E-state index is 0.172. The molecule has 4 aliphatic rings. The summed E-state index contributed by atoms with van der Waals surface area (Å²) in [4.78, 5) is 13.7. The van der Waals surface area contributed by atoms with Crippen LogP contribution in [-0.4, -0.2) is 37.4 Å². The van der Waals surface area contributed by atoms with Crippen LogP contribution in [0.3, 0.4) is 0 Å². The van der Waals surface area contributed by atoms with Crippen LogP contribution in [0.1, 0.15) is 12.8 Å². The predicted molar refractivity (Wildman–Crippen MR) is 90.5 cm³/mol. The average molecular weight is 338 g/mol. The molecular weight excluding hydrogens is 320 g/mol. The van der Waals surface area contributed by atoms with Gasteiger partial charge in [0.15, 0.2) is 5.76 Å². The van der Waals surface area contributed by atoms with E-state index in [0.717, 1.165) is 51.7 Å². The quantitative estimate of drug-likeness (QED) is 0.818. The summed E-state index contributed by atoms with van der Waals surface area (Å²) in [7, 11) is 1.65. The summed E-state index contributed by atoms with van der Waals surface area (Å²) in [6.45, 7) is 0.861. The van der Waals surface area contributed by atoms with Gasteiger partial charge < -0.3 is 24.8 Å². The molecule has 25 heavy (non-hydrogen) atoms. The molecule has 2 amide bonds. The number of carbonyl (C=O) groups excluding carboxylic acids is 1. The zero-order valence-corrected chi connectivity index (χ0v) is 13.9. The molecule has 2 aliphatic carbocycles. The number of amides is 2. The SMILES string of the molecule is COc1ccc2c(c1)=CC1C3=C(CCN1C(N)=O)CC1=C(OCO1)C=23. The number of benzene rings is 1. The molecule has 6 heteroatoms. The number of urea groups is 1. The number of fused-ring (bicyclic) bond motifs is 2. The van der Waals surface area contributed by atoms with Gasteiger partial charge in [0, 0.05) is 18.5 Å². The molecule has 0 aromatic heterocycles. The lowest BCUT2D eigenvalue weighted by Crippen LogP contribution is -2.51. The number of hydrogen-bond donors (Lipinski definition) is 1. The Labute approximate surface area is 144 Å². The van der Waals surface area contributed by atoms with Gasteiger partial charge in [-0.25, -0.2) is 4.79 Å². The lowest BCUT2D eigenvalue weighted by Gasteiger charge is -2.40. The van der Waals surface area contributed by atoms with E-state index in [4.69, 9.17) is 19.9 Å². The van der Waals surface area contributed by atoms with Crippen LogP contribution in [0.5, 0.6) is 5.75 Å². The molecule has 0 bridgehead atoms. The highest BCUT2D eigenvalue weighted by Gasteiger charge is 2.41. The van der Waals surface area contributed by atoms with Crippen molar-refractivity contribution in [3.8, 4) is 5.75 Å². The van der Waals surface area contributed by atoms with Crippen molar-refractivity contribution >= 4 is 17.7 Å². The van der Waals surface area contributed by atoms with E-state index in [-0.39, 0.29) is 12.8 Å². The zero-order chi connectivity index (χ0) is 17.1. The molecule has 1 atom stereocenters. The minimum Gasteiger partial charge on any atom is -0.497 e. The molecule has 1 unspecified atom stereocenters. The van der Waals surface area contributed by atoms with Gasteiger partial charge in [0.2, 0.25) is 6.79 Å². The van der Waals surface area contributed by atoms with Crippen LogP contribution in [0.2, 0.25) is 0 Å². The number of nitrogens with two attached hydrogens (primary N) is 1. The maximum Gasteiger partial charge on any atom is 0.315 e. The van der Waals surface area contributed by atoms with Gasteiger partial charge in [0.05, 0.1) is 13.2 Å². The van der Waals surface area contributed by atoms with E-state index in [1.165, 1.54) is 5.57 Å². The van der Waals surface area contributed by atoms with E-state index in [1.54, 1.807) is 12.0 Å². The Morgan fingerprint density at radius 2 is 2.24 bits per heavy atom. The second-order valence-corrected chi connectivity index (χ2v) is 6.57. The number of nitrogens with zero attached hydrogens (tertiary/aromatic N) is 1. The second kappa shape index (κ2) is 5.05. The largest absolute Gasteiger partial charge is 0.497 e. The fourth-order valence-corrected chi connectivity index (χ4v) is 4.26. The van der Waals surface area contributed by atoms with Crippen molar-refractivity contribution in [2.75, 3.05) is 20.4 Å². The molecule has 0 fully saturated rings. The Hall–Kier alpha value is -2.89. The summed E-state index contributed by atoms with van der Waals surface area (Å²) < 4.78 is 16.9. The van der Waals surface area contributed by atoms with Crippen molar-refractivity contribution in [3.63, 3.8) is 0 Å². The first kappa shape index (κ1) is 14.5. The molecule has 6 nitrogen and oxygen atoms in total. The molecule has 0 radical (unpaired) electrons. The first-order valence-electron chi connectivity index (χ1n) is 8.35. The molecular formula is C19H18N2O4. The molecule has 5 rings (SSSR count). The predicted octanol–water partition coefficient (Wildman–Crippen LogP) is 0.709. The molecule has 1 aromatic carbocycles. The Bertz CT molecular complexity index is 989. The summed E-state index contributed by atoms with van der Waals surface area (Å²) in [5.74, 6) is 2.47. The number of hydrogen-bond acceptors (Lipinski definition) is 4. The number of allylic oxidation sites excluding steroid dienone is 2. The Kier molecular flexibility index (Phi) is 2.92. The summed E-state index contributed by atoms with van der Waals surface area (Å²) in [5, 5.41) is 2.09. The van der Waals surface area contributed by atoms with Gasteiger partial charge in [-0.2, -0.15) is 0 Å². The van der Waals surface area contributed by atoms with E-state index < -0.39 is 6.03 Å². The molecule has 0 saturated carbocycles. The van der Waals surface area contributed by atoms with Crippen LogP contribution in [-0.2, 0) is 9.47 Å². The van der Waals surface area contributed by atoms with Crippen LogP contribution in [0.15, 0.2) is 40.9 Å². The number of primary amides is 1. The molecule has 0 saturated heterocycles. The van der Waals surface area contributed by atoms with E-state index in [0.29, 0.717) is 6.54 Å². The van der Waals surface area contributed by atoms with Crippen LogP contribution in [0, 0.1) is 0 Å². The topological polar surface area (TPSA) is 74.0 Å². The zero-order valence-electron chi connectivity index (χ0n) is 13.9. The normalized spacial score (nSPS) is 23.2. The van der Waals surface area contributed by atoms with Crippen LogP contribution in [0.4, 0.5) is 4.79 Å². The maximum atomic E-state index is 12.0. The molecule has 2 aliphatic heterocycles.